The van der Waals surface area contributed by atoms with Crippen molar-refractivity contribution in [2.24, 2.45) is 5.73 Å². The molecule has 0 aliphatic heterocycles. The molecule has 2 amide bonds. The molecule has 1 aromatic carbocycles. The summed E-state index contributed by atoms with van der Waals surface area (Å²) in [6, 6.07) is 5.27. The molecule has 0 spiro atoms. The maximum atomic E-state index is 12.8. The van der Waals surface area contributed by atoms with Gasteiger partial charge in [0.05, 0.1) is 17.7 Å². The van der Waals surface area contributed by atoms with Crippen molar-refractivity contribution in [3.05, 3.63) is 44.2 Å². The van der Waals surface area contributed by atoms with E-state index in [0.717, 1.165) is 53.4 Å². The van der Waals surface area contributed by atoms with Crippen LogP contribution in [-0.2, 0) is 12.8 Å². The molecule has 0 fully saturated rings. The van der Waals surface area contributed by atoms with Gasteiger partial charge in [0, 0.05) is 9.35 Å². The largest absolute Gasteiger partial charge is 0.493 e. The fraction of sp³-hybridized carbons (Fsp3) is 0.381. The third-order valence-corrected chi connectivity index (χ3v) is 6.72. The fourth-order valence-electron chi connectivity index (χ4n) is 3.35. The molecule has 0 atom stereocenters. The number of benzene rings is 1. The van der Waals surface area contributed by atoms with Crippen molar-refractivity contribution in [3.8, 4) is 5.75 Å². The number of ether oxygens (including phenoxy) is 1. The summed E-state index contributed by atoms with van der Waals surface area (Å²) in [5.41, 5.74) is 7.49. The Morgan fingerprint density at radius 3 is 2.80 bits per heavy atom. The fourth-order valence-corrected chi connectivity index (χ4v) is 5.27. The van der Waals surface area contributed by atoms with Crippen LogP contribution in [0.5, 0.6) is 5.75 Å². The summed E-state index contributed by atoms with van der Waals surface area (Å²) >= 11 is 10.2. The summed E-state index contributed by atoms with van der Waals surface area (Å²) in [5.74, 6) is -0.372. The third kappa shape index (κ3) is 5.39. The first-order chi connectivity index (χ1) is 14.4. The number of primary amides is 1. The molecule has 1 aromatic heterocycles. The molecule has 0 saturated heterocycles. The Kier molecular flexibility index (Phi) is 7.85. The van der Waals surface area contributed by atoms with Crippen LogP contribution in [0.15, 0.2) is 22.7 Å². The Balaban J connectivity index is 1.74. The highest BCUT2D eigenvalue weighted by Gasteiger charge is 2.25. The van der Waals surface area contributed by atoms with Crippen LogP contribution in [0.25, 0.3) is 0 Å². The van der Waals surface area contributed by atoms with E-state index in [9.17, 15) is 9.59 Å². The van der Waals surface area contributed by atoms with E-state index in [0.29, 0.717) is 28.5 Å². The normalized spacial score (nSPS) is 12.7. The highest BCUT2D eigenvalue weighted by Crippen LogP contribution is 2.37. The number of fused-ring (bicyclic) bond motifs is 1. The molecule has 0 unspecified atom stereocenters. The summed E-state index contributed by atoms with van der Waals surface area (Å²) in [6.45, 7) is 2.61. The molecule has 3 rings (SSSR count). The number of hydrogen-bond acceptors (Lipinski definition) is 5. The van der Waals surface area contributed by atoms with Crippen LogP contribution in [0.4, 0.5) is 5.00 Å². The molecule has 4 N–H and O–H groups in total. The van der Waals surface area contributed by atoms with Crippen molar-refractivity contribution in [1.29, 1.82) is 0 Å². The number of halogens is 1. The summed E-state index contributed by atoms with van der Waals surface area (Å²) < 4.78 is 6.52. The monoisotopic (exact) mass is 509 g/mol. The summed E-state index contributed by atoms with van der Waals surface area (Å²) in [6.07, 6.45) is 5.79. The lowest BCUT2D eigenvalue weighted by atomic mass is 9.95. The Morgan fingerprint density at radius 1 is 1.30 bits per heavy atom. The first-order valence-electron chi connectivity index (χ1n) is 9.89. The Morgan fingerprint density at radius 2 is 2.07 bits per heavy atom. The number of carbonyl (C=O) groups excluding carboxylic acids is 2. The van der Waals surface area contributed by atoms with E-state index >= 15 is 0 Å². The van der Waals surface area contributed by atoms with Gasteiger partial charge in [0.15, 0.2) is 5.11 Å². The Bertz CT molecular complexity index is 975. The Labute approximate surface area is 193 Å². The molecule has 1 aliphatic rings. The molecule has 2 aromatic rings. The van der Waals surface area contributed by atoms with Crippen molar-refractivity contribution >= 4 is 61.4 Å². The van der Waals surface area contributed by atoms with Gasteiger partial charge in [0.2, 0.25) is 0 Å². The molecule has 160 valence electrons. The lowest BCUT2D eigenvalue weighted by Gasteiger charge is -2.13. The smallest absolute Gasteiger partial charge is 0.261 e. The minimum atomic E-state index is -0.482. The predicted octanol–water partition coefficient (Wildman–Crippen LogP) is 4.79. The molecule has 0 radical (unpaired) electrons. The minimum absolute atomic E-state index is 0.112. The van der Waals surface area contributed by atoms with E-state index < -0.39 is 5.91 Å². The standard InChI is InChI=1S/C21H24BrN3O3S2/c1-2-3-10-28-15-9-8-12(22)11-14(15)19(27)24-21(29)25-20-17(18(23)26)13-6-4-5-7-16(13)30-20/h8-9,11H,2-7,10H2,1H3,(H2,23,26)(H2,24,25,27,29). The number of hydrogen-bond donors (Lipinski definition) is 3. The van der Waals surface area contributed by atoms with Crippen LogP contribution in [0.1, 0.15) is 63.8 Å². The number of unbranched alkanes of at least 4 members (excludes halogenated alkanes) is 1. The molecule has 0 bridgehead atoms. The molecule has 6 nitrogen and oxygen atoms in total. The van der Waals surface area contributed by atoms with E-state index in [1.807, 2.05) is 6.07 Å². The number of aryl methyl sites for hydroxylation is 1. The van der Waals surface area contributed by atoms with Gasteiger partial charge in [-0.05, 0) is 68.1 Å². The summed E-state index contributed by atoms with van der Waals surface area (Å²) in [5, 5.41) is 6.39. The van der Waals surface area contributed by atoms with Crippen LogP contribution in [-0.4, -0.2) is 23.5 Å². The van der Waals surface area contributed by atoms with Gasteiger partial charge in [-0.3, -0.25) is 14.9 Å². The van der Waals surface area contributed by atoms with Crippen molar-refractivity contribution in [2.45, 2.75) is 45.4 Å². The number of amides is 2. The maximum Gasteiger partial charge on any atom is 0.261 e. The van der Waals surface area contributed by atoms with Gasteiger partial charge in [0.25, 0.3) is 11.8 Å². The zero-order valence-corrected chi connectivity index (χ0v) is 19.9. The molecular weight excluding hydrogens is 486 g/mol. The van der Waals surface area contributed by atoms with E-state index in [1.54, 1.807) is 12.1 Å². The highest BCUT2D eigenvalue weighted by molar-refractivity contribution is 9.10. The number of anilines is 1. The van der Waals surface area contributed by atoms with Crippen LogP contribution < -0.4 is 21.1 Å². The Hall–Kier alpha value is -1.97. The van der Waals surface area contributed by atoms with Gasteiger partial charge in [-0.2, -0.15) is 0 Å². The predicted molar refractivity (Wildman–Crippen MR) is 128 cm³/mol. The second kappa shape index (κ2) is 10.4. The number of nitrogens with one attached hydrogen (secondary N) is 2. The molecule has 0 saturated carbocycles. The second-order valence-corrected chi connectivity index (χ2v) is 9.46. The van der Waals surface area contributed by atoms with Gasteiger partial charge in [0.1, 0.15) is 10.8 Å². The van der Waals surface area contributed by atoms with Gasteiger partial charge in [-0.25, -0.2) is 0 Å². The first kappa shape index (κ1) is 22.7. The molecule has 30 heavy (non-hydrogen) atoms. The van der Waals surface area contributed by atoms with Crippen molar-refractivity contribution in [2.75, 3.05) is 11.9 Å². The van der Waals surface area contributed by atoms with E-state index in [4.69, 9.17) is 22.7 Å². The topological polar surface area (TPSA) is 93.4 Å². The van der Waals surface area contributed by atoms with Gasteiger partial charge in [-0.1, -0.05) is 29.3 Å². The van der Waals surface area contributed by atoms with E-state index in [2.05, 4.69) is 33.5 Å². The van der Waals surface area contributed by atoms with Crippen LogP contribution >= 0.6 is 39.5 Å². The van der Waals surface area contributed by atoms with Crippen molar-refractivity contribution in [1.82, 2.24) is 5.32 Å². The quantitative estimate of drug-likeness (QED) is 0.368. The highest BCUT2D eigenvalue weighted by atomic mass is 79.9. The molecule has 1 aliphatic carbocycles. The number of thiocarbonyl (C=S) groups is 1. The average molecular weight is 510 g/mol. The summed E-state index contributed by atoms with van der Waals surface area (Å²) in [4.78, 5) is 26.0. The second-order valence-electron chi connectivity index (χ2n) is 7.03. The lowest BCUT2D eigenvalue weighted by Crippen LogP contribution is -2.34. The van der Waals surface area contributed by atoms with Gasteiger partial charge in [-0.15, -0.1) is 11.3 Å². The van der Waals surface area contributed by atoms with Crippen molar-refractivity contribution in [3.63, 3.8) is 0 Å². The number of thiophene rings is 1. The van der Waals surface area contributed by atoms with E-state index in [1.165, 1.54) is 11.3 Å². The van der Waals surface area contributed by atoms with Gasteiger partial charge >= 0.3 is 0 Å². The summed E-state index contributed by atoms with van der Waals surface area (Å²) in [7, 11) is 0. The molecule has 9 heteroatoms. The number of carbonyl (C=O) groups is 2. The van der Waals surface area contributed by atoms with Crippen LogP contribution in [0, 0.1) is 0 Å². The van der Waals surface area contributed by atoms with Gasteiger partial charge < -0.3 is 15.8 Å². The lowest BCUT2D eigenvalue weighted by molar-refractivity contribution is 0.0971. The maximum absolute atomic E-state index is 12.8. The van der Waals surface area contributed by atoms with E-state index in [-0.39, 0.29) is 11.0 Å². The SMILES string of the molecule is CCCCOc1ccc(Br)cc1C(=O)NC(=S)Nc1sc2c(c1C(N)=O)CCCC2. The number of nitrogens with two attached hydrogens (primary N) is 1. The van der Waals surface area contributed by atoms with Crippen LogP contribution in [0.3, 0.4) is 0 Å². The number of rotatable bonds is 7. The average Bonchev–Trinajstić information content (AvgIpc) is 3.06. The molecular formula is C21H24BrN3O3S2. The zero-order valence-electron chi connectivity index (χ0n) is 16.7. The first-order valence-corrected chi connectivity index (χ1v) is 11.9. The molecule has 1 heterocycles. The van der Waals surface area contributed by atoms with Crippen LogP contribution in [0.2, 0.25) is 0 Å². The zero-order chi connectivity index (χ0) is 21.7. The minimum Gasteiger partial charge on any atom is -0.493 e. The van der Waals surface area contributed by atoms with Crippen molar-refractivity contribution < 1.29 is 14.3 Å². The third-order valence-electron chi connectivity index (χ3n) is 4.81.